The minimum absolute atomic E-state index is 0.815. The number of rotatable bonds is 8. The van der Waals surface area contributed by atoms with Crippen LogP contribution in [0.2, 0.25) is 10.6 Å². The SMILES string of the molecule is CCCC[P-]CCCC.C[CH2][Al+][CH2]C. The summed E-state index contributed by atoms with van der Waals surface area (Å²) in [5, 5.41) is 2.85. The van der Waals surface area contributed by atoms with Crippen LogP contribution in [0.4, 0.5) is 0 Å². The molecule has 0 saturated heterocycles. The van der Waals surface area contributed by atoms with Crippen LogP contribution < -0.4 is 0 Å². The molecule has 0 fully saturated rings. The van der Waals surface area contributed by atoms with Crippen molar-refractivity contribution in [3.63, 3.8) is 0 Å². The standard InChI is InChI=1S/C8H18P.2C2H5.Al/c1-3-5-7-9-8-6-4-2;2*1-2;/h3-8H2,1-2H3;2*1H2,2H3;/q-1;;;+1. The molecule has 0 aromatic carbocycles. The molecule has 0 heterocycles. The average Bonchev–Trinajstić information content (AvgIpc) is 2.20. The predicted molar refractivity (Wildman–Crippen MR) is 73.2 cm³/mol. The van der Waals surface area contributed by atoms with Gasteiger partial charge < -0.3 is 8.58 Å². The molecule has 0 unspecified atom stereocenters. The summed E-state index contributed by atoms with van der Waals surface area (Å²) in [5.74, 6) is 0. The van der Waals surface area contributed by atoms with Gasteiger partial charge in [-0.1, -0.05) is 39.5 Å². The first-order valence-electron chi connectivity index (χ1n) is 6.28. The van der Waals surface area contributed by atoms with Gasteiger partial charge in [-0.25, -0.2) is 0 Å². The molecule has 0 aliphatic rings. The third kappa shape index (κ3) is 23.1. The van der Waals surface area contributed by atoms with Crippen molar-refractivity contribution in [2.45, 2.75) is 63.9 Å². The van der Waals surface area contributed by atoms with Crippen molar-refractivity contribution in [1.29, 1.82) is 0 Å². The average molecular weight is 230 g/mol. The molecule has 0 aromatic heterocycles. The van der Waals surface area contributed by atoms with Gasteiger partial charge in [0.15, 0.2) is 0 Å². The van der Waals surface area contributed by atoms with Crippen molar-refractivity contribution in [3.05, 3.63) is 0 Å². The quantitative estimate of drug-likeness (QED) is 0.309. The first-order valence-corrected chi connectivity index (χ1v) is 9.18. The van der Waals surface area contributed by atoms with Crippen LogP contribution >= 0.6 is 8.58 Å². The molecule has 0 rings (SSSR count). The van der Waals surface area contributed by atoms with E-state index in [4.69, 9.17) is 0 Å². The summed E-state index contributed by atoms with van der Waals surface area (Å²) in [6.07, 6.45) is 8.42. The van der Waals surface area contributed by atoms with Crippen molar-refractivity contribution >= 4 is 23.8 Å². The summed E-state index contributed by atoms with van der Waals surface area (Å²) in [5.41, 5.74) is 0. The summed E-state index contributed by atoms with van der Waals surface area (Å²) in [7, 11) is 1.67. The summed E-state index contributed by atoms with van der Waals surface area (Å²) >= 11 is 0.815. The topological polar surface area (TPSA) is 0 Å². The molecule has 0 aliphatic heterocycles. The zero-order chi connectivity index (χ0) is 11.1. The third-order valence-electron chi connectivity index (χ3n) is 1.92. The van der Waals surface area contributed by atoms with Gasteiger partial charge in [0.05, 0.1) is 0 Å². The van der Waals surface area contributed by atoms with Crippen LogP contribution in [0.25, 0.3) is 0 Å². The number of unbranched alkanes of at least 4 members (excludes halogenated alkanes) is 2. The van der Waals surface area contributed by atoms with Crippen LogP contribution in [-0.4, -0.2) is 27.5 Å². The van der Waals surface area contributed by atoms with Gasteiger partial charge in [-0.3, -0.25) is 0 Å². The molecule has 0 spiro atoms. The zero-order valence-electron chi connectivity index (χ0n) is 10.7. The van der Waals surface area contributed by atoms with Gasteiger partial charge in [0, 0.05) is 0 Å². The van der Waals surface area contributed by atoms with Crippen LogP contribution in [0.3, 0.4) is 0 Å². The molecule has 0 saturated carbocycles. The molecule has 0 radical (unpaired) electrons. The van der Waals surface area contributed by atoms with E-state index in [2.05, 4.69) is 27.7 Å². The van der Waals surface area contributed by atoms with Crippen molar-refractivity contribution in [3.8, 4) is 0 Å². The molecular formula is C12H28AlP. The monoisotopic (exact) mass is 230 g/mol. The fourth-order valence-corrected chi connectivity index (χ4v) is 2.82. The van der Waals surface area contributed by atoms with E-state index < -0.39 is 0 Å². The van der Waals surface area contributed by atoms with E-state index in [-0.39, 0.29) is 0 Å². The number of hydrogen-bond acceptors (Lipinski definition) is 0. The van der Waals surface area contributed by atoms with E-state index in [1.807, 2.05) is 0 Å². The van der Waals surface area contributed by atoms with Crippen molar-refractivity contribution in [2.75, 3.05) is 12.3 Å². The van der Waals surface area contributed by atoms with Crippen LogP contribution in [-0.2, 0) is 0 Å². The van der Waals surface area contributed by atoms with E-state index in [1.54, 1.807) is 8.58 Å². The molecule has 0 aliphatic carbocycles. The molecule has 0 amide bonds. The molecule has 2 heteroatoms. The summed E-state index contributed by atoms with van der Waals surface area (Å²) in [6.45, 7) is 9.02. The van der Waals surface area contributed by atoms with Crippen molar-refractivity contribution < 1.29 is 0 Å². The Hall–Kier alpha value is 0.962. The Balaban J connectivity index is 0. The maximum atomic E-state index is 2.26. The summed E-state index contributed by atoms with van der Waals surface area (Å²) < 4.78 is 0. The predicted octanol–water partition coefficient (Wildman–Crippen LogP) is 5.10. The van der Waals surface area contributed by atoms with Crippen LogP contribution in [0, 0.1) is 0 Å². The Labute approximate surface area is 100 Å². The summed E-state index contributed by atoms with van der Waals surface area (Å²) in [4.78, 5) is 0. The normalized spacial score (nSPS) is 8.86. The molecule has 0 atom stereocenters. The molecule has 0 nitrogen and oxygen atoms in total. The van der Waals surface area contributed by atoms with Gasteiger partial charge >= 0.3 is 39.6 Å². The summed E-state index contributed by atoms with van der Waals surface area (Å²) in [6, 6.07) is 0. The minimum atomic E-state index is 0.815. The second-order valence-corrected chi connectivity index (χ2v) is 7.04. The van der Waals surface area contributed by atoms with E-state index in [0.717, 1.165) is 15.2 Å². The van der Waals surface area contributed by atoms with Gasteiger partial charge in [0.2, 0.25) is 0 Å². The Bertz CT molecular complexity index is 68.7. The molecule has 0 aromatic rings. The van der Waals surface area contributed by atoms with Gasteiger partial charge in [-0.15, -0.1) is 0 Å². The van der Waals surface area contributed by atoms with Crippen LogP contribution in [0.15, 0.2) is 0 Å². The zero-order valence-corrected chi connectivity index (χ0v) is 12.7. The molecule has 0 N–H and O–H groups in total. The van der Waals surface area contributed by atoms with E-state index >= 15 is 0 Å². The van der Waals surface area contributed by atoms with Gasteiger partial charge in [0.25, 0.3) is 0 Å². The van der Waals surface area contributed by atoms with E-state index in [1.165, 1.54) is 48.6 Å². The van der Waals surface area contributed by atoms with Gasteiger partial charge in [-0.2, -0.15) is 12.3 Å². The fraction of sp³-hybridized carbons (Fsp3) is 1.00. The third-order valence-corrected chi connectivity index (χ3v) is 4.34. The number of hydrogen-bond donors (Lipinski definition) is 0. The first kappa shape index (κ1) is 17.4. The Morgan fingerprint density at radius 3 is 1.43 bits per heavy atom. The second kappa shape index (κ2) is 19.5. The van der Waals surface area contributed by atoms with Crippen molar-refractivity contribution in [2.24, 2.45) is 0 Å². The molecular weight excluding hydrogens is 202 g/mol. The Kier molecular flexibility index (Phi) is 24.2. The Morgan fingerprint density at radius 1 is 0.786 bits per heavy atom. The molecule has 14 heavy (non-hydrogen) atoms. The van der Waals surface area contributed by atoms with Gasteiger partial charge in [0.1, 0.15) is 0 Å². The Morgan fingerprint density at radius 2 is 1.21 bits per heavy atom. The van der Waals surface area contributed by atoms with Gasteiger partial charge in [-0.05, 0) is 0 Å². The first-order chi connectivity index (χ1) is 6.83. The van der Waals surface area contributed by atoms with Crippen LogP contribution in [0.1, 0.15) is 53.4 Å². The van der Waals surface area contributed by atoms with Crippen molar-refractivity contribution in [1.82, 2.24) is 0 Å². The van der Waals surface area contributed by atoms with Crippen LogP contribution in [0.5, 0.6) is 0 Å². The van der Waals surface area contributed by atoms with E-state index in [9.17, 15) is 0 Å². The maximum absolute atomic E-state index is 2.26. The second-order valence-electron chi connectivity index (χ2n) is 3.48. The molecule has 0 bridgehead atoms. The molecule has 84 valence electrons. The fourth-order valence-electron chi connectivity index (χ4n) is 0.940. The van der Waals surface area contributed by atoms with E-state index in [0.29, 0.717) is 0 Å².